The lowest BCUT2D eigenvalue weighted by atomic mass is 9.96. The zero-order valence-corrected chi connectivity index (χ0v) is 22.2. The number of nitriles is 1. The molecule has 190 valence electrons. The summed E-state index contributed by atoms with van der Waals surface area (Å²) in [7, 11) is 3.03. The van der Waals surface area contributed by atoms with Crippen molar-refractivity contribution >= 4 is 50.7 Å². The Morgan fingerprint density at radius 1 is 1.22 bits per heavy atom. The predicted octanol–water partition coefficient (Wildman–Crippen LogP) is 5.54. The summed E-state index contributed by atoms with van der Waals surface area (Å²) >= 11 is 9.68. The van der Waals surface area contributed by atoms with E-state index < -0.39 is 17.6 Å². The van der Waals surface area contributed by atoms with E-state index in [9.17, 15) is 19.2 Å². The molecule has 0 saturated carbocycles. The molecule has 37 heavy (non-hydrogen) atoms. The van der Waals surface area contributed by atoms with Gasteiger partial charge in [-0.15, -0.1) is 0 Å². The summed E-state index contributed by atoms with van der Waals surface area (Å²) in [6.45, 7) is 0.0133. The van der Waals surface area contributed by atoms with Crippen LogP contribution in [0.1, 0.15) is 27.0 Å². The summed E-state index contributed by atoms with van der Waals surface area (Å²) in [6, 6.07) is 11.8. The van der Waals surface area contributed by atoms with Crippen molar-refractivity contribution in [1.82, 2.24) is 4.90 Å². The highest BCUT2D eigenvalue weighted by Gasteiger charge is 2.35. The quantitative estimate of drug-likeness (QED) is 0.221. The third kappa shape index (κ3) is 4.92. The maximum atomic E-state index is 13.9. The van der Waals surface area contributed by atoms with E-state index in [1.54, 1.807) is 24.3 Å². The van der Waals surface area contributed by atoms with Crippen LogP contribution in [-0.2, 0) is 13.1 Å². The number of ketones is 1. The average Bonchev–Trinajstić information content (AvgIpc) is 2.87. The van der Waals surface area contributed by atoms with E-state index in [1.807, 2.05) is 6.07 Å². The van der Waals surface area contributed by atoms with Gasteiger partial charge in [-0.05, 0) is 57.9 Å². The number of carbonyl (C=O) groups excluding carboxylic acids is 2. The molecular weight excluding hydrogens is 567 g/mol. The van der Waals surface area contributed by atoms with E-state index in [0.29, 0.717) is 28.3 Å². The molecule has 0 aromatic heterocycles. The van der Waals surface area contributed by atoms with Gasteiger partial charge in [-0.3, -0.25) is 9.69 Å². The molecule has 3 aromatic carbocycles. The van der Waals surface area contributed by atoms with Crippen molar-refractivity contribution in [2.24, 2.45) is 0 Å². The minimum Gasteiger partial charge on any atom is -0.497 e. The zero-order valence-electron chi connectivity index (χ0n) is 19.8. The molecule has 3 aromatic rings. The molecule has 0 unspecified atom stereocenters. The number of fused-ring (bicyclic) bond motifs is 1. The summed E-state index contributed by atoms with van der Waals surface area (Å²) in [5.74, 6) is -0.173. The van der Waals surface area contributed by atoms with Gasteiger partial charge in [0.25, 0.3) is 0 Å². The molecule has 1 heterocycles. The maximum Gasteiger partial charge on any atom is 0.326 e. The van der Waals surface area contributed by atoms with Gasteiger partial charge >= 0.3 is 6.03 Å². The van der Waals surface area contributed by atoms with E-state index in [0.717, 1.165) is 12.1 Å². The number of benzene rings is 3. The monoisotopic (exact) mass is 586 g/mol. The Kier molecular flexibility index (Phi) is 7.57. The fourth-order valence-corrected chi connectivity index (χ4v) is 5.29. The van der Waals surface area contributed by atoms with Crippen LogP contribution in [0, 0.1) is 17.1 Å². The number of urea groups is 1. The summed E-state index contributed by atoms with van der Waals surface area (Å²) in [5.41, 5.74) is 8.07. The van der Waals surface area contributed by atoms with Gasteiger partial charge in [0.2, 0.25) is 0 Å². The molecular formula is C26H21BrClFN4O4. The average molecular weight is 588 g/mol. The predicted molar refractivity (Wildman–Crippen MR) is 141 cm³/mol. The molecule has 2 N–H and O–H groups in total. The van der Waals surface area contributed by atoms with Crippen LogP contribution in [0.2, 0.25) is 5.02 Å². The number of carbonyl (C=O) groups is 2. The van der Waals surface area contributed by atoms with Crippen molar-refractivity contribution in [3.63, 3.8) is 0 Å². The fraction of sp³-hybridized carbons (Fsp3) is 0.192. The third-order valence-electron chi connectivity index (χ3n) is 5.97. The minimum atomic E-state index is -0.629. The number of hydrogen-bond acceptors (Lipinski definition) is 6. The molecule has 11 heteroatoms. The maximum absolute atomic E-state index is 13.9. The number of nitrogens with zero attached hydrogens (tertiary/aromatic N) is 3. The highest BCUT2D eigenvalue weighted by molar-refractivity contribution is 9.10. The van der Waals surface area contributed by atoms with Crippen molar-refractivity contribution in [2.75, 3.05) is 31.4 Å². The summed E-state index contributed by atoms with van der Waals surface area (Å²) in [6.07, 6.45) is 0. The van der Waals surface area contributed by atoms with Crippen LogP contribution in [0.15, 0.2) is 46.9 Å². The summed E-state index contributed by atoms with van der Waals surface area (Å²) in [4.78, 5) is 29.8. The Labute approximate surface area is 226 Å². The third-order valence-corrected chi connectivity index (χ3v) is 7.07. The van der Waals surface area contributed by atoms with Gasteiger partial charge < -0.3 is 20.1 Å². The van der Waals surface area contributed by atoms with Gasteiger partial charge in [0.05, 0.1) is 54.1 Å². The largest absolute Gasteiger partial charge is 0.497 e. The van der Waals surface area contributed by atoms with Gasteiger partial charge in [-0.25, -0.2) is 9.18 Å². The van der Waals surface area contributed by atoms with Crippen molar-refractivity contribution in [3.05, 3.63) is 80.0 Å². The lowest BCUT2D eigenvalue weighted by Gasteiger charge is -2.37. The van der Waals surface area contributed by atoms with Crippen molar-refractivity contribution in [2.45, 2.75) is 13.1 Å². The van der Waals surface area contributed by atoms with Crippen LogP contribution >= 0.6 is 27.5 Å². The number of amides is 2. The Morgan fingerprint density at radius 2 is 1.97 bits per heavy atom. The second-order valence-corrected chi connectivity index (χ2v) is 9.38. The molecule has 0 atom stereocenters. The lowest BCUT2D eigenvalue weighted by Crippen LogP contribution is -2.47. The van der Waals surface area contributed by atoms with E-state index in [2.05, 4.69) is 15.9 Å². The van der Waals surface area contributed by atoms with Crippen molar-refractivity contribution in [1.29, 1.82) is 5.26 Å². The highest BCUT2D eigenvalue weighted by atomic mass is 79.9. The summed E-state index contributed by atoms with van der Waals surface area (Å²) < 4.78 is 25.0. The second-order valence-electron chi connectivity index (χ2n) is 8.18. The molecule has 1 aliphatic heterocycles. The Balaban J connectivity index is 1.88. The molecule has 0 radical (unpaired) electrons. The molecule has 0 spiro atoms. The number of nitrogen functional groups attached to an aromatic ring is 1. The molecule has 0 saturated heterocycles. The number of hydrogen-bond donors (Lipinski definition) is 1. The SMILES string of the molecule is COc1ccc(CN2C(=O)N(CC#N)Cc3cc(N)c(C(=O)c4cc(F)ccc4Cl)c(Br)c32)c(OC)c1. The number of methoxy groups -OCH3 is 2. The molecule has 0 fully saturated rings. The molecule has 8 nitrogen and oxygen atoms in total. The highest BCUT2D eigenvalue weighted by Crippen LogP contribution is 2.43. The minimum absolute atomic E-state index is 0.0412. The second kappa shape index (κ2) is 10.7. The van der Waals surface area contributed by atoms with Gasteiger partial charge in [0.15, 0.2) is 5.78 Å². The number of anilines is 2. The van der Waals surface area contributed by atoms with E-state index in [-0.39, 0.29) is 45.9 Å². The number of halogens is 3. The Bertz CT molecular complexity index is 1460. The molecule has 2 amide bonds. The Hall–Kier alpha value is -3.81. The van der Waals surface area contributed by atoms with Crippen LogP contribution < -0.4 is 20.1 Å². The molecule has 0 bridgehead atoms. The fourth-order valence-electron chi connectivity index (χ4n) is 4.21. The zero-order chi connectivity index (χ0) is 26.9. The Morgan fingerprint density at radius 3 is 2.65 bits per heavy atom. The van der Waals surface area contributed by atoms with Gasteiger partial charge in [-0.1, -0.05) is 11.6 Å². The first kappa shape index (κ1) is 26.3. The number of ether oxygens (including phenoxy) is 2. The van der Waals surface area contributed by atoms with Crippen LogP contribution in [0.5, 0.6) is 11.5 Å². The van der Waals surface area contributed by atoms with Crippen LogP contribution in [0.3, 0.4) is 0 Å². The van der Waals surface area contributed by atoms with E-state index >= 15 is 0 Å². The van der Waals surface area contributed by atoms with Gasteiger partial charge in [0.1, 0.15) is 23.9 Å². The first-order valence-electron chi connectivity index (χ1n) is 10.9. The van der Waals surface area contributed by atoms with Gasteiger partial charge in [-0.2, -0.15) is 5.26 Å². The van der Waals surface area contributed by atoms with Crippen LogP contribution in [0.25, 0.3) is 0 Å². The van der Waals surface area contributed by atoms with Crippen LogP contribution in [0.4, 0.5) is 20.6 Å². The topological polar surface area (TPSA) is 109 Å². The first-order valence-corrected chi connectivity index (χ1v) is 12.1. The molecule has 1 aliphatic rings. The number of rotatable bonds is 7. The smallest absolute Gasteiger partial charge is 0.326 e. The first-order chi connectivity index (χ1) is 17.7. The van der Waals surface area contributed by atoms with Gasteiger partial charge in [0, 0.05) is 22.9 Å². The van der Waals surface area contributed by atoms with E-state index in [1.165, 1.54) is 30.1 Å². The van der Waals surface area contributed by atoms with Crippen LogP contribution in [-0.4, -0.2) is 37.5 Å². The van der Waals surface area contributed by atoms with Crippen molar-refractivity contribution in [3.8, 4) is 17.6 Å². The van der Waals surface area contributed by atoms with Crippen molar-refractivity contribution < 1.29 is 23.5 Å². The molecule has 4 rings (SSSR count). The lowest BCUT2D eigenvalue weighted by molar-refractivity contribution is 0.103. The molecule has 0 aliphatic carbocycles. The summed E-state index contributed by atoms with van der Waals surface area (Å²) in [5, 5.41) is 9.34. The normalized spacial score (nSPS) is 12.7. The standard InChI is InChI=1S/C26H21BrClFN4O4/c1-36-17-5-3-14(21(11-17)37-2)13-33-24-15(12-32(8-7-30)26(33)35)9-20(31)22(23(24)27)25(34)18-10-16(29)4-6-19(18)28/h3-6,9-11H,8,12-13,31H2,1-2H3. The van der Waals surface area contributed by atoms with E-state index in [4.69, 9.17) is 26.8 Å². The number of nitrogens with two attached hydrogens (primary N) is 1.